The Morgan fingerprint density at radius 3 is 2.70 bits per heavy atom. The van der Waals surface area contributed by atoms with Crippen molar-refractivity contribution < 1.29 is 4.79 Å². The summed E-state index contributed by atoms with van der Waals surface area (Å²) in [6, 6.07) is 9.62. The van der Waals surface area contributed by atoms with Gasteiger partial charge in [-0.2, -0.15) is 0 Å². The molecule has 110 valence electrons. The van der Waals surface area contributed by atoms with E-state index in [4.69, 9.17) is 0 Å². The third-order valence-electron chi connectivity index (χ3n) is 3.85. The first kappa shape index (κ1) is 15.0. The smallest absolute Gasteiger partial charge is 0.238 e. The third kappa shape index (κ3) is 5.31. The van der Waals surface area contributed by atoms with Gasteiger partial charge < -0.3 is 10.6 Å². The van der Waals surface area contributed by atoms with Gasteiger partial charge in [0.1, 0.15) is 0 Å². The Morgan fingerprint density at radius 1 is 1.30 bits per heavy atom. The van der Waals surface area contributed by atoms with E-state index in [-0.39, 0.29) is 5.91 Å². The molecule has 1 aromatic rings. The molecule has 2 rings (SSSR count). The average Bonchev–Trinajstić information content (AvgIpc) is 2.47. The van der Waals surface area contributed by atoms with E-state index in [1.165, 1.54) is 19.3 Å². The van der Waals surface area contributed by atoms with Crippen LogP contribution in [0, 0.1) is 5.92 Å². The van der Waals surface area contributed by atoms with Gasteiger partial charge in [-0.1, -0.05) is 18.2 Å². The number of hydrogen-bond donors (Lipinski definition) is 2. The zero-order chi connectivity index (χ0) is 14.2. The maximum absolute atomic E-state index is 11.9. The Balaban J connectivity index is 1.65. The number of benzene rings is 1. The molecule has 0 unspecified atom stereocenters. The van der Waals surface area contributed by atoms with Gasteiger partial charge in [-0.15, -0.1) is 0 Å². The molecule has 0 atom stereocenters. The first-order chi connectivity index (χ1) is 9.74. The number of hydrogen-bond acceptors (Lipinski definition) is 3. The molecule has 2 N–H and O–H groups in total. The molecule has 0 bridgehead atoms. The number of nitrogens with one attached hydrogen (secondary N) is 2. The van der Waals surface area contributed by atoms with Crippen molar-refractivity contribution in [1.82, 2.24) is 10.2 Å². The van der Waals surface area contributed by atoms with Crippen molar-refractivity contribution in [2.45, 2.75) is 19.3 Å². The summed E-state index contributed by atoms with van der Waals surface area (Å²) in [6.07, 6.45) is 3.73. The van der Waals surface area contributed by atoms with Crippen molar-refractivity contribution in [2.75, 3.05) is 38.5 Å². The summed E-state index contributed by atoms with van der Waals surface area (Å²) in [5, 5.41) is 6.30. The van der Waals surface area contributed by atoms with Gasteiger partial charge in [-0.05, 0) is 64.0 Å². The zero-order valence-electron chi connectivity index (χ0n) is 12.3. The molecular formula is C16H25N3O. The highest BCUT2D eigenvalue weighted by atomic mass is 16.2. The molecule has 0 saturated carbocycles. The van der Waals surface area contributed by atoms with Crippen LogP contribution in [-0.4, -0.2) is 44.0 Å². The summed E-state index contributed by atoms with van der Waals surface area (Å²) in [4.78, 5) is 14.0. The summed E-state index contributed by atoms with van der Waals surface area (Å²) < 4.78 is 0. The number of rotatable bonds is 6. The summed E-state index contributed by atoms with van der Waals surface area (Å²) in [6.45, 7) is 3.73. The highest BCUT2D eigenvalue weighted by Gasteiger charge is 2.14. The van der Waals surface area contributed by atoms with Crippen molar-refractivity contribution in [2.24, 2.45) is 5.92 Å². The van der Waals surface area contributed by atoms with Crippen molar-refractivity contribution in [3.8, 4) is 0 Å². The molecule has 4 heteroatoms. The fourth-order valence-electron chi connectivity index (χ4n) is 2.62. The largest absolute Gasteiger partial charge is 0.325 e. The Kier molecular flexibility index (Phi) is 6.02. The fraction of sp³-hybridized carbons (Fsp3) is 0.562. The molecule has 1 saturated heterocycles. The predicted octanol–water partition coefficient (Wildman–Crippen LogP) is 1.95. The molecule has 0 aromatic heterocycles. The molecule has 20 heavy (non-hydrogen) atoms. The normalized spacial score (nSPS) is 16.3. The summed E-state index contributed by atoms with van der Waals surface area (Å²) >= 11 is 0. The Morgan fingerprint density at radius 2 is 2.00 bits per heavy atom. The van der Waals surface area contributed by atoms with E-state index in [0.29, 0.717) is 6.54 Å². The number of para-hydroxylation sites is 1. The number of piperidine rings is 1. The molecule has 1 aliphatic heterocycles. The Hall–Kier alpha value is -1.39. The lowest BCUT2D eigenvalue weighted by Crippen LogP contribution is -2.33. The van der Waals surface area contributed by atoms with Gasteiger partial charge in [0.15, 0.2) is 0 Å². The molecular weight excluding hydrogens is 250 g/mol. The Labute approximate surface area is 121 Å². The number of carbonyl (C=O) groups excluding carboxylic acids is 1. The SMILES string of the molecule is CN(CCC1CCNCC1)CC(=O)Nc1ccccc1. The van der Waals surface area contributed by atoms with Crippen molar-refractivity contribution in [3.05, 3.63) is 30.3 Å². The number of anilines is 1. The molecule has 1 heterocycles. The van der Waals surface area contributed by atoms with Crippen LogP contribution in [0.2, 0.25) is 0 Å². The van der Waals surface area contributed by atoms with Crippen LogP contribution in [0.15, 0.2) is 30.3 Å². The number of carbonyl (C=O) groups is 1. The second-order valence-electron chi connectivity index (χ2n) is 5.63. The van der Waals surface area contributed by atoms with Crippen LogP contribution in [0.3, 0.4) is 0 Å². The molecule has 4 nitrogen and oxygen atoms in total. The van der Waals surface area contributed by atoms with E-state index in [1.807, 2.05) is 37.4 Å². The van der Waals surface area contributed by atoms with E-state index in [9.17, 15) is 4.79 Å². The standard InChI is InChI=1S/C16H25N3O/c1-19(12-9-14-7-10-17-11-8-14)13-16(20)18-15-5-3-2-4-6-15/h2-6,14,17H,7-13H2,1H3,(H,18,20). The maximum atomic E-state index is 11.9. The lowest BCUT2D eigenvalue weighted by molar-refractivity contribution is -0.117. The van der Waals surface area contributed by atoms with Crippen LogP contribution in [0.5, 0.6) is 0 Å². The van der Waals surface area contributed by atoms with Gasteiger partial charge in [0.05, 0.1) is 6.54 Å². The summed E-state index contributed by atoms with van der Waals surface area (Å²) in [5.41, 5.74) is 0.865. The first-order valence-corrected chi connectivity index (χ1v) is 7.48. The predicted molar refractivity (Wildman–Crippen MR) is 82.8 cm³/mol. The van der Waals surface area contributed by atoms with Crippen LogP contribution in [0.25, 0.3) is 0 Å². The lowest BCUT2D eigenvalue weighted by atomic mass is 9.94. The Bertz CT molecular complexity index is 401. The van der Waals surface area contributed by atoms with Crippen LogP contribution in [0.4, 0.5) is 5.69 Å². The minimum atomic E-state index is 0.0593. The van der Waals surface area contributed by atoms with Crippen molar-refractivity contribution in [1.29, 1.82) is 0 Å². The highest BCUT2D eigenvalue weighted by Crippen LogP contribution is 2.15. The van der Waals surface area contributed by atoms with E-state index in [1.54, 1.807) is 0 Å². The van der Waals surface area contributed by atoms with E-state index < -0.39 is 0 Å². The summed E-state index contributed by atoms with van der Waals surface area (Å²) in [7, 11) is 2.02. The van der Waals surface area contributed by atoms with Gasteiger partial charge in [0.25, 0.3) is 0 Å². The summed E-state index contributed by atoms with van der Waals surface area (Å²) in [5.74, 6) is 0.875. The topological polar surface area (TPSA) is 44.4 Å². The average molecular weight is 275 g/mol. The van der Waals surface area contributed by atoms with Gasteiger partial charge in [-0.25, -0.2) is 0 Å². The second-order valence-corrected chi connectivity index (χ2v) is 5.63. The van der Waals surface area contributed by atoms with Crippen LogP contribution >= 0.6 is 0 Å². The lowest BCUT2D eigenvalue weighted by Gasteiger charge is -2.25. The molecule has 1 aromatic carbocycles. The van der Waals surface area contributed by atoms with Gasteiger partial charge >= 0.3 is 0 Å². The highest BCUT2D eigenvalue weighted by molar-refractivity contribution is 5.92. The minimum absolute atomic E-state index is 0.0593. The van der Waals surface area contributed by atoms with Gasteiger partial charge in [0.2, 0.25) is 5.91 Å². The number of nitrogens with zero attached hydrogens (tertiary/aromatic N) is 1. The quantitative estimate of drug-likeness (QED) is 0.834. The number of likely N-dealkylation sites (N-methyl/N-ethyl adjacent to an activating group) is 1. The molecule has 1 fully saturated rings. The van der Waals surface area contributed by atoms with Crippen molar-refractivity contribution in [3.63, 3.8) is 0 Å². The van der Waals surface area contributed by atoms with E-state index in [2.05, 4.69) is 15.5 Å². The maximum Gasteiger partial charge on any atom is 0.238 e. The molecule has 0 spiro atoms. The number of amides is 1. The molecule has 0 radical (unpaired) electrons. The molecule has 1 amide bonds. The van der Waals surface area contributed by atoms with Gasteiger partial charge in [-0.3, -0.25) is 9.69 Å². The minimum Gasteiger partial charge on any atom is -0.325 e. The van der Waals surface area contributed by atoms with E-state index in [0.717, 1.165) is 31.2 Å². The van der Waals surface area contributed by atoms with Crippen molar-refractivity contribution >= 4 is 11.6 Å². The molecule has 1 aliphatic rings. The van der Waals surface area contributed by atoms with Gasteiger partial charge in [0, 0.05) is 5.69 Å². The van der Waals surface area contributed by atoms with E-state index >= 15 is 0 Å². The monoisotopic (exact) mass is 275 g/mol. The fourth-order valence-corrected chi connectivity index (χ4v) is 2.62. The zero-order valence-corrected chi connectivity index (χ0v) is 12.3. The first-order valence-electron chi connectivity index (χ1n) is 7.48. The van der Waals surface area contributed by atoms with Crippen LogP contribution in [0.1, 0.15) is 19.3 Å². The van der Waals surface area contributed by atoms with Crippen LogP contribution < -0.4 is 10.6 Å². The molecule has 0 aliphatic carbocycles. The van der Waals surface area contributed by atoms with Crippen LogP contribution in [-0.2, 0) is 4.79 Å². The third-order valence-corrected chi connectivity index (χ3v) is 3.85. The second kappa shape index (κ2) is 8.02.